The summed E-state index contributed by atoms with van der Waals surface area (Å²) in [7, 11) is 0. The summed E-state index contributed by atoms with van der Waals surface area (Å²) >= 11 is 0. The van der Waals surface area contributed by atoms with Crippen LogP contribution in [0, 0.1) is 0 Å². The fourth-order valence-corrected chi connectivity index (χ4v) is 2.12. The fourth-order valence-electron chi connectivity index (χ4n) is 2.12. The van der Waals surface area contributed by atoms with Crippen LogP contribution in [0.4, 0.5) is 0 Å². The Hall–Kier alpha value is -1.88. The molecule has 0 aliphatic heterocycles. The maximum Gasteiger partial charge on any atom is 0.246 e. The first-order valence-electron chi connectivity index (χ1n) is 6.93. The number of nitrogens with two attached hydrogens (primary N) is 1. The predicted molar refractivity (Wildman–Crippen MR) is 77.4 cm³/mol. The number of para-hydroxylation sites is 1. The van der Waals surface area contributed by atoms with Gasteiger partial charge < -0.3 is 15.0 Å². The molecular weight excluding hydrogens is 254 g/mol. The van der Waals surface area contributed by atoms with Gasteiger partial charge in [-0.15, -0.1) is 0 Å². The molecule has 1 heterocycles. The van der Waals surface area contributed by atoms with Gasteiger partial charge in [-0.2, -0.15) is 4.98 Å². The molecule has 108 valence electrons. The van der Waals surface area contributed by atoms with Crippen molar-refractivity contribution in [2.75, 3.05) is 6.61 Å². The van der Waals surface area contributed by atoms with Crippen LogP contribution in [0.15, 0.2) is 28.8 Å². The van der Waals surface area contributed by atoms with Crippen molar-refractivity contribution < 1.29 is 9.26 Å². The lowest BCUT2D eigenvalue weighted by Crippen LogP contribution is -2.33. The highest BCUT2D eigenvalue weighted by atomic mass is 16.5. The zero-order valence-electron chi connectivity index (χ0n) is 12.2. The van der Waals surface area contributed by atoms with Crippen molar-refractivity contribution in [2.24, 2.45) is 5.73 Å². The first-order valence-corrected chi connectivity index (χ1v) is 6.93. The quantitative estimate of drug-likeness (QED) is 0.876. The van der Waals surface area contributed by atoms with Gasteiger partial charge in [-0.25, -0.2) is 0 Å². The van der Waals surface area contributed by atoms with E-state index < -0.39 is 5.54 Å². The molecule has 2 aromatic rings. The zero-order chi connectivity index (χ0) is 14.6. The van der Waals surface area contributed by atoms with Crippen LogP contribution in [0.5, 0.6) is 5.75 Å². The Morgan fingerprint density at radius 1 is 1.30 bits per heavy atom. The highest BCUT2D eigenvalue weighted by molar-refractivity contribution is 5.63. The van der Waals surface area contributed by atoms with Gasteiger partial charge in [0.1, 0.15) is 5.75 Å². The van der Waals surface area contributed by atoms with Gasteiger partial charge in [0.2, 0.25) is 11.7 Å². The zero-order valence-corrected chi connectivity index (χ0v) is 12.2. The van der Waals surface area contributed by atoms with Gasteiger partial charge >= 0.3 is 0 Å². The third-order valence-electron chi connectivity index (χ3n) is 3.11. The van der Waals surface area contributed by atoms with E-state index in [9.17, 15) is 0 Å². The summed E-state index contributed by atoms with van der Waals surface area (Å²) in [6.07, 6.45) is 1.75. The van der Waals surface area contributed by atoms with Crippen molar-refractivity contribution in [3.63, 3.8) is 0 Å². The van der Waals surface area contributed by atoms with Gasteiger partial charge in [0.25, 0.3) is 0 Å². The molecule has 0 radical (unpaired) electrons. The van der Waals surface area contributed by atoms with Crippen LogP contribution in [-0.2, 0) is 5.54 Å². The Morgan fingerprint density at radius 2 is 2.05 bits per heavy atom. The molecule has 2 N–H and O–H groups in total. The summed E-state index contributed by atoms with van der Waals surface area (Å²) in [5, 5.41) is 4.03. The van der Waals surface area contributed by atoms with E-state index in [0.717, 1.165) is 24.2 Å². The van der Waals surface area contributed by atoms with E-state index in [1.54, 1.807) is 0 Å². The number of rotatable bonds is 6. The smallest absolute Gasteiger partial charge is 0.246 e. The van der Waals surface area contributed by atoms with Crippen molar-refractivity contribution in [3.8, 4) is 17.1 Å². The topological polar surface area (TPSA) is 74.2 Å². The van der Waals surface area contributed by atoms with Crippen LogP contribution in [0.2, 0.25) is 0 Å². The standard InChI is InChI=1S/C15H21N3O2/c1-4-10-15(3,16)14-17-13(18-20-14)11-8-6-7-9-12(11)19-5-2/h6-9H,4-5,10,16H2,1-3H3. The second-order valence-electron chi connectivity index (χ2n) is 5.02. The minimum absolute atomic E-state index is 0.459. The molecule has 20 heavy (non-hydrogen) atoms. The maximum absolute atomic E-state index is 6.21. The summed E-state index contributed by atoms with van der Waals surface area (Å²) < 4.78 is 10.9. The van der Waals surface area contributed by atoms with Gasteiger partial charge in [-0.05, 0) is 32.4 Å². The van der Waals surface area contributed by atoms with E-state index in [2.05, 4.69) is 17.1 Å². The van der Waals surface area contributed by atoms with Gasteiger partial charge in [0.15, 0.2) is 0 Å². The molecule has 1 aromatic heterocycles. The summed E-state index contributed by atoms with van der Waals surface area (Å²) in [4.78, 5) is 4.43. The van der Waals surface area contributed by atoms with Crippen LogP contribution in [0.25, 0.3) is 11.4 Å². The molecule has 0 bridgehead atoms. The summed E-state index contributed by atoms with van der Waals surface area (Å²) in [5.41, 5.74) is 6.43. The van der Waals surface area contributed by atoms with Crippen LogP contribution in [0.3, 0.4) is 0 Å². The normalized spacial score (nSPS) is 14.0. The average Bonchev–Trinajstić information content (AvgIpc) is 2.90. The van der Waals surface area contributed by atoms with Gasteiger partial charge in [-0.1, -0.05) is 30.6 Å². The molecule has 5 heteroatoms. The minimum atomic E-state index is -0.597. The summed E-state index contributed by atoms with van der Waals surface area (Å²) in [5.74, 6) is 1.72. The molecule has 5 nitrogen and oxygen atoms in total. The van der Waals surface area contributed by atoms with Gasteiger partial charge in [0, 0.05) is 0 Å². The molecule has 2 rings (SSSR count). The highest BCUT2D eigenvalue weighted by Crippen LogP contribution is 2.30. The van der Waals surface area contributed by atoms with E-state index >= 15 is 0 Å². The Labute approximate surface area is 119 Å². The molecule has 0 amide bonds. The van der Waals surface area contributed by atoms with E-state index in [1.807, 2.05) is 38.1 Å². The Morgan fingerprint density at radius 3 is 2.75 bits per heavy atom. The monoisotopic (exact) mass is 275 g/mol. The molecule has 0 saturated carbocycles. The SMILES string of the molecule is CCCC(C)(N)c1nc(-c2ccccc2OCC)no1. The van der Waals surface area contributed by atoms with Crippen LogP contribution < -0.4 is 10.5 Å². The summed E-state index contributed by atoms with van der Waals surface area (Å²) in [6, 6.07) is 7.64. The van der Waals surface area contributed by atoms with E-state index in [0.29, 0.717) is 18.3 Å². The van der Waals surface area contributed by atoms with Gasteiger partial charge in [-0.3, -0.25) is 0 Å². The molecule has 0 aliphatic carbocycles. The molecule has 0 spiro atoms. The highest BCUT2D eigenvalue weighted by Gasteiger charge is 2.28. The van der Waals surface area contributed by atoms with Crippen molar-refractivity contribution in [2.45, 2.75) is 39.2 Å². The molecule has 1 unspecified atom stereocenters. The van der Waals surface area contributed by atoms with Crippen molar-refractivity contribution in [1.29, 1.82) is 0 Å². The van der Waals surface area contributed by atoms with E-state index in [1.165, 1.54) is 0 Å². The Balaban J connectivity index is 2.34. The Bertz CT molecular complexity index is 564. The van der Waals surface area contributed by atoms with Crippen molar-refractivity contribution >= 4 is 0 Å². The van der Waals surface area contributed by atoms with E-state index in [4.69, 9.17) is 15.0 Å². The lowest BCUT2D eigenvalue weighted by atomic mass is 9.98. The first-order chi connectivity index (χ1) is 9.58. The third-order valence-corrected chi connectivity index (χ3v) is 3.11. The average molecular weight is 275 g/mol. The summed E-state index contributed by atoms with van der Waals surface area (Å²) in [6.45, 7) is 6.51. The molecule has 0 aliphatic rings. The lowest BCUT2D eigenvalue weighted by molar-refractivity contribution is 0.283. The van der Waals surface area contributed by atoms with E-state index in [-0.39, 0.29) is 0 Å². The maximum atomic E-state index is 6.21. The minimum Gasteiger partial charge on any atom is -0.493 e. The number of hydrogen-bond acceptors (Lipinski definition) is 5. The molecular formula is C15H21N3O2. The molecule has 0 saturated heterocycles. The Kier molecular flexibility index (Phi) is 4.39. The fraction of sp³-hybridized carbons (Fsp3) is 0.467. The number of hydrogen-bond donors (Lipinski definition) is 1. The largest absolute Gasteiger partial charge is 0.493 e. The number of aromatic nitrogens is 2. The van der Waals surface area contributed by atoms with Gasteiger partial charge in [0.05, 0.1) is 17.7 Å². The second-order valence-corrected chi connectivity index (χ2v) is 5.02. The first kappa shape index (κ1) is 14.5. The van der Waals surface area contributed by atoms with Crippen molar-refractivity contribution in [1.82, 2.24) is 10.1 Å². The second kappa shape index (κ2) is 6.05. The third kappa shape index (κ3) is 2.99. The molecule has 1 atom stereocenters. The van der Waals surface area contributed by atoms with Crippen LogP contribution in [0.1, 0.15) is 39.5 Å². The number of benzene rings is 1. The van der Waals surface area contributed by atoms with Crippen LogP contribution >= 0.6 is 0 Å². The predicted octanol–water partition coefficient (Wildman–Crippen LogP) is 3.11. The lowest BCUT2D eigenvalue weighted by Gasteiger charge is -2.18. The number of ether oxygens (including phenoxy) is 1. The molecule has 1 aromatic carbocycles. The molecule has 0 fully saturated rings. The number of nitrogens with zero attached hydrogens (tertiary/aromatic N) is 2. The van der Waals surface area contributed by atoms with Crippen LogP contribution in [-0.4, -0.2) is 16.7 Å². The van der Waals surface area contributed by atoms with Crippen molar-refractivity contribution in [3.05, 3.63) is 30.2 Å².